The fourth-order valence-electron chi connectivity index (χ4n) is 1.62. The van der Waals surface area contributed by atoms with Crippen molar-refractivity contribution < 1.29 is 9.13 Å². The molecule has 0 heterocycles. The van der Waals surface area contributed by atoms with E-state index in [1.807, 2.05) is 25.1 Å². The topological polar surface area (TPSA) is 9.23 Å². The minimum Gasteiger partial charge on any atom is -0.457 e. The van der Waals surface area contributed by atoms with Crippen molar-refractivity contribution in [1.29, 1.82) is 0 Å². The van der Waals surface area contributed by atoms with E-state index < -0.39 is 0 Å². The summed E-state index contributed by atoms with van der Waals surface area (Å²) in [6.07, 6.45) is 0. The average Bonchev–Trinajstić information content (AvgIpc) is 2.30. The monoisotopic (exact) mass is 372 g/mol. The Morgan fingerprint density at radius 3 is 2.56 bits per heavy atom. The van der Waals surface area contributed by atoms with Crippen molar-refractivity contribution in [2.24, 2.45) is 0 Å². The van der Waals surface area contributed by atoms with Gasteiger partial charge >= 0.3 is 0 Å². The van der Waals surface area contributed by atoms with Crippen LogP contribution in [-0.4, -0.2) is 0 Å². The highest BCUT2D eigenvalue weighted by molar-refractivity contribution is 9.10. The van der Waals surface area contributed by atoms with E-state index in [2.05, 4.69) is 31.9 Å². The van der Waals surface area contributed by atoms with Crippen molar-refractivity contribution in [2.75, 3.05) is 0 Å². The van der Waals surface area contributed by atoms with Crippen LogP contribution in [0.25, 0.3) is 0 Å². The zero-order chi connectivity index (χ0) is 13.1. The minimum absolute atomic E-state index is 0.325. The number of hydrogen-bond acceptors (Lipinski definition) is 1. The molecule has 4 heteroatoms. The molecule has 0 aromatic heterocycles. The zero-order valence-corrected chi connectivity index (χ0v) is 12.9. The van der Waals surface area contributed by atoms with E-state index in [9.17, 15) is 4.39 Å². The van der Waals surface area contributed by atoms with Crippen molar-refractivity contribution in [3.05, 3.63) is 57.8 Å². The van der Waals surface area contributed by atoms with E-state index in [0.717, 1.165) is 16.6 Å². The van der Waals surface area contributed by atoms with Crippen molar-refractivity contribution >= 4 is 31.9 Å². The Labute approximate surface area is 122 Å². The third-order valence-corrected chi connectivity index (χ3v) is 3.56. The van der Waals surface area contributed by atoms with E-state index in [1.54, 1.807) is 6.07 Å². The number of halogens is 3. The summed E-state index contributed by atoms with van der Waals surface area (Å²) < 4.78 is 19.6. The maximum Gasteiger partial charge on any atom is 0.131 e. The summed E-state index contributed by atoms with van der Waals surface area (Å²) in [4.78, 5) is 0. The maximum atomic E-state index is 13.2. The number of rotatable bonds is 3. The van der Waals surface area contributed by atoms with Crippen LogP contribution in [0.5, 0.6) is 11.5 Å². The van der Waals surface area contributed by atoms with E-state index in [0.29, 0.717) is 10.2 Å². The van der Waals surface area contributed by atoms with Gasteiger partial charge < -0.3 is 4.74 Å². The standard InChI is InChI=1S/C14H11Br2FO/c1-9-4-10(8-15)2-3-14(9)18-13-6-11(16)5-12(17)7-13/h2-7H,8H2,1H3. The summed E-state index contributed by atoms with van der Waals surface area (Å²) >= 11 is 6.65. The number of ether oxygens (including phenoxy) is 1. The van der Waals surface area contributed by atoms with Gasteiger partial charge in [0.2, 0.25) is 0 Å². The van der Waals surface area contributed by atoms with Crippen LogP contribution >= 0.6 is 31.9 Å². The molecular weight excluding hydrogens is 363 g/mol. The first-order valence-electron chi connectivity index (χ1n) is 5.38. The molecule has 0 N–H and O–H groups in total. The highest BCUT2D eigenvalue weighted by atomic mass is 79.9. The van der Waals surface area contributed by atoms with E-state index in [1.165, 1.54) is 17.7 Å². The molecule has 0 saturated heterocycles. The van der Waals surface area contributed by atoms with E-state index in [4.69, 9.17) is 4.74 Å². The average molecular weight is 374 g/mol. The second kappa shape index (κ2) is 5.85. The largest absolute Gasteiger partial charge is 0.457 e. The highest BCUT2D eigenvalue weighted by Crippen LogP contribution is 2.29. The van der Waals surface area contributed by atoms with Crippen LogP contribution in [0.1, 0.15) is 11.1 Å². The van der Waals surface area contributed by atoms with E-state index in [-0.39, 0.29) is 5.82 Å². The third-order valence-electron chi connectivity index (χ3n) is 2.46. The second-order valence-corrected chi connectivity index (χ2v) is 5.42. The Kier molecular flexibility index (Phi) is 4.40. The Morgan fingerprint density at radius 2 is 1.94 bits per heavy atom. The predicted octanol–water partition coefficient (Wildman–Crippen LogP) is 5.58. The zero-order valence-electron chi connectivity index (χ0n) is 9.71. The molecule has 2 rings (SSSR count). The Hall–Kier alpha value is -0.870. The molecule has 0 fully saturated rings. The highest BCUT2D eigenvalue weighted by Gasteiger charge is 2.05. The molecule has 94 valence electrons. The maximum absolute atomic E-state index is 13.2. The molecule has 0 spiro atoms. The lowest BCUT2D eigenvalue weighted by molar-refractivity contribution is 0.472. The quantitative estimate of drug-likeness (QED) is 0.637. The summed E-state index contributed by atoms with van der Waals surface area (Å²) in [7, 11) is 0. The summed E-state index contributed by atoms with van der Waals surface area (Å²) in [6, 6.07) is 10.4. The summed E-state index contributed by atoms with van der Waals surface area (Å²) in [5, 5.41) is 0.805. The van der Waals surface area contributed by atoms with Crippen molar-refractivity contribution in [2.45, 2.75) is 12.3 Å². The van der Waals surface area contributed by atoms with Crippen molar-refractivity contribution in [3.8, 4) is 11.5 Å². The number of alkyl halides is 1. The Balaban J connectivity index is 2.28. The van der Waals surface area contributed by atoms with Crippen molar-refractivity contribution in [3.63, 3.8) is 0 Å². The lowest BCUT2D eigenvalue weighted by Gasteiger charge is -2.10. The molecular formula is C14H11Br2FO. The molecule has 0 atom stereocenters. The SMILES string of the molecule is Cc1cc(CBr)ccc1Oc1cc(F)cc(Br)c1. The fraction of sp³-hybridized carbons (Fsp3) is 0.143. The van der Waals surface area contributed by atoms with Gasteiger partial charge in [-0.1, -0.05) is 44.0 Å². The van der Waals surface area contributed by atoms with Gasteiger partial charge in [-0.25, -0.2) is 4.39 Å². The number of benzene rings is 2. The van der Waals surface area contributed by atoms with Crippen LogP contribution in [0, 0.1) is 12.7 Å². The fourth-order valence-corrected chi connectivity index (χ4v) is 2.42. The molecule has 2 aromatic rings. The lowest BCUT2D eigenvalue weighted by atomic mass is 10.1. The van der Waals surface area contributed by atoms with Gasteiger partial charge in [0.1, 0.15) is 17.3 Å². The molecule has 0 unspecified atom stereocenters. The molecule has 1 nitrogen and oxygen atoms in total. The Bertz CT molecular complexity index is 549. The molecule has 0 bridgehead atoms. The minimum atomic E-state index is -0.325. The number of hydrogen-bond donors (Lipinski definition) is 0. The molecule has 0 aliphatic rings. The predicted molar refractivity (Wildman–Crippen MR) is 78.0 cm³/mol. The first-order valence-corrected chi connectivity index (χ1v) is 7.29. The van der Waals surface area contributed by atoms with Crippen molar-refractivity contribution in [1.82, 2.24) is 0 Å². The second-order valence-electron chi connectivity index (χ2n) is 3.94. The molecule has 0 saturated carbocycles. The van der Waals surface area contributed by atoms with Crippen LogP contribution in [-0.2, 0) is 5.33 Å². The molecule has 2 aromatic carbocycles. The van der Waals surface area contributed by atoms with Gasteiger partial charge in [0.25, 0.3) is 0 Å². The Morgan fingerprint density at radius 1 is 1.17 bits per heavy atom. The first kappa shape index (κ1) is 13.6. The van der Waals surface area contributed by atoms with Gasteiger partial charge in [-0.15, -0.1) is 0 Å². The van der Waals surface area contributed by atoms with Gasteiger partial charge in [0, 0.05) is 15.9 Å². The van der Waals surface area contributed by atoms with Crippen LogP contribution in [0.15, 0.2) is 40.9 Å². The molecule has 0 aliphatic heterocycles. The van der Waals surface area contributed by atoms with Gasteiger partial charge in [-0.2, -0.15) is 0 Å². The van der Waals surface area contributed by atoms with Gasteiger partial charge in [0.15, 0.2) is 0 Å². The van der Waals surface area contributed by atoms with Crippen LogP contribution in [0.2, 0.25) is 0 Å². The van der Waals surface area contributed by atoms with Gasteiger partial charge in [-0.05, 0) is 36.2 Å². The number of aryl methyl sites for hydroxylation is 1. The summed E-state index contributed by atoms with van der Waals surface area (Å²) in [5.41, 5.74) is 2.20. The third kappa shape index (κ3) is 3.33. The van der Waals surface area contributed by atoms with Gasteiger partial charge in [0.05, 0.1) is 0 Å². The van der Waals surface area contributed by atoms with Crippen LogP contribution < -0.4 is 4.74 Å². The van der Waals surface area contributed by atoms with Crippen LogP contribution in [0.4, 0.5) is 4.39 Å². The normalized spacial score (nSPS) is 10.4. The summed E-state index contributed by atoms with van der Waals surface area (Å²) in [6.45, 7) is 1.97. The van der Waals surface area contributed by atoms with Crippen LogP contribution in [0.3, 0.4) is 0 Å². The molecule has 18 heavy (non-hydrogen) atoms. The molecule has 0 radical (unpaired) electrons. The first-order chi connectivity index (χ1) is 8.58. The van der Waals surface area contributed by atoms with E-state index >= 15 is 0 Å². The molecule has 0 amide bonds. The molecule has 0 aliphatic carbocycles. The van der Waals surface area contributed by atoms with Gasteiger partial charge in [-0.3, -0.25) is 0 Å². The summed E-state index contributed by atoms with van der Waals surface area (Å²) in [5.74, 6) is 0.892. The lowest BCUT2D eigenvalue weighted by Crippen LogP contribution is -1.90. The smallest absolute Gasteiger partial charge is 0.131 e.